The monoisotopic (exact) mass is 263 g/mol. The molecule has 0 fully saturated rings. The molecule has 0 radical (unpaired) electrons. The Hall–Kier alpha value is -0.500. The molecule has 1 heterocycles. The highest BCUT2D eigenvalue weighted by Crippen LogP contribution is 2.17. The van der Waals surface area contributed by atoms with Gasteiger partial charge in [0.1, 0.15) is 9.84 Å². The van der Waals surface area contributed by atoms with Crippen molar-refractivity contribution in [3.8, 4) is 0 Å². The third kappa shape index (κ3) is 4.17. The molecule has 1 aromatic heterocycles. The molecule has 0 bridgehead atoms. The fourth-order valence-electron chi connectivity index (χ4n) is 1.37. The predicted molar refractivity (Wildman–Crippen MR) is 66.1 cm³/mol. The van der Waals surface area contributed by atoms with Gasteiger partial charge in [-0.25, -0.2) is 13.4 Å². The Kier molecular flexibility index (Phi) is 4.43. The first kappa shape index (κ1) is 13.6. The molecule has 3 N–H and O–H groups in total. The zero-order valence-corrected chi connectivity index (χ0v) is 11.3. The van der Waals surface area contributed by atoms with Gasteiger partial charge in [0.15, 0.2) is 0 Å². The minimum Gasteiger partial charge on any atom is -0.271 e. The second kappa shape index (κ2) is 5.22. The quantitative estimate of drug-likeness (QED) is 0.584. The third-order valence-corrected chi connectivity index (χ3v) is 4.34. The van der Waals surface area contributed by atoms with Gasteiger partial charge in [0, 0.05) is 23.6 Å². The molecule has 5 nitrogen and oxygen atoms in total. The van der Waals surface area contributed by atoms with Gasteiger partial charge in [0.2, 0.25) is 0 Å². The van der Waals surface area contributed by atoms with Crippen LogP contribution in [0.25, 0.3) is 0 Å². The summed E-state index contributed by atoms with van der Waals surface area (Å²) in [6.45, 7) is 3.94. The van der Waals surface area contributed by atoms with Crippen LogP contribution in [0.15, 0.2) is 0 Å². The van der Waals surface area contributed by atoms with Crippen molar-refractivity contribution in [3.05, 3.63) is 15.6 Å². The molecule has 1 unspecified atom stereocenters. The van der Waals surface area contributed by atoms with Crippen molar-refractivity contribution in [1.82, 2.24) is 10.4 Å². The van der Waals surface area contributed by atoms with Crippen molar-refractivity contribution in [3.63, 3.8) is 0 Å². The topological polar surface area (TPSA) is 85.1 Å². The number of hydrazine groups is 1. The largest absolute Gasteiger partial charge is 0.271 e. The lowest BCUT2D eigenvalue weighted by Gasteiger charge is -2.12. The zero-order chi connectivity index (χ0) is 12.3. The van der Waals surface area contributed by atoms with E-state index in [-0.39, 0.29) is 11.8 Å². The summed E-state index contributed by atoms with van der Waals surface area (Å²) in [6.07, 6.45) is 1.75. The average Bonchev–Trinajstić information content (AvgIpc) is 2.42. The van der Waals surface area contributed by atoms with Crippen molar-refractivity contribution in [2.24, 2.45) is 5.84 Å². The van der Waals surface area contributed by atoms with Crippen molar-refractivity contribution in [2.45, 2.75) is 26.3 Å². The molecule has 0 aliphatic rings. The number of hydrogen-bond donors (Lipinski definition) is 2. The van der Waals surface area contributed by atoms with E-state index in [1.165, 1.54) is 6.26 Å². The van der Waals surface area contributed by atoms with E-state index in [0.29, 0.717) is 6.42 Å². The molecular weight excluding hydrogens is 246 g/mol. The molecule has 16 heavy (non-hydrogen) atoms. The molecule has 0 aromatic carbocycles. The molecule has 0 aliphatic carbocycles. The number of nitrogens with zero attached hydrogens (tertiary/aromatic N) is 1. The Morgan fingerprint density at radius 3 is 2.50 bits per heavy atom. The van der Waals surface area contributed by atoms with Crippen LogP contribution in [0.3, 0.4) is 0 Å². The molecule has 1 rings (SSSR count). The fourth-order valence-corrected chi connectivity index (χ4v) is 3.33. The maximum Gasteiger partial charge on any atom is 0.149 e. The van der Waals surface area contributed by atoms with E-state index in [1.54, 1.807) is 11.3 Å². The maximum absolute atomic E-state index is 11.2. The smallest absolute Gasteiger partial charge is 0.149 e. The van der Waals surface area contributed by atoms with Crippen molar-refractivity contribution < 1.29 is 8.42 Å². The second-order valence-electron chi connectivity index (χ2n) is 3.91. The van der Waals surface area contributed by atoms with Gasteiger partial charge in [-0.1, -0.05) is 0 Å². The van der Waals surface area contributed by atoms with Gasteiger partial charge in [0.25, 0.3) is 0 Å². The van der Waals surface area contributed by atoms with Crippen LogP contribution in [-0.2, 0) is 16.3 Å². The predicted octanol–water partition coefficient (Wildman–Crippen LogP) is 0.179. The van der Waals surface area contributed by atoms with E-state index >= 15 is 0 Å². The average molecular weight is 263 g/mol. The van der Waals surface area contributed by atoms with Gasteiger partial charge >= 0.3 is 0 Å². The number of nitrogens with two attached hydrogens (primary N) is 1. The van der Waals surface area contributed by atoms with Gasteiger partial charge < -0.3 is 0 Å². The molecule has 1 aromatic rings. The van der Waals surface area contributed by atoms with Crippen LogP contribution in [0.5, 0.6) is 0 Å². The van der Waals surface area contributed by atoms with E-state index < -0.39 is 9.84 Å². The molecule has 0 aliphatic heterocycles. The van der Waals surface area contributed by atoms with E-state index in [4.69, 9.17) is 5.84 Å². The minimum atomic E-state index is -3.02. The first-order valence-electron chi connectivity index (χ1n) is 4.88. The summed E-state index contributed by atoms with van der Waals surface area (Å²) in [5.41, 5.74) is 3.52. The summed E-state index contributed by atoms with van der Waals surface area (Å²) in [7, 11) is -3.02. The van der Waals surface area contributed by atoms with Crippen LogP contribution >= 0.6 is 11.3 Å². The van der Waals surface area contributed by atoms with E-state index in [1.807, 2.05) is 13.8 Å². The second-order valence-corrected chi connectivity index (χ2v) is 7.38. The molecule has 0 saturated heterocycles. The van der Waals surface area contributed by atoms with Gasteiger partial charge in [0.05, 0.1) is 16.5 Å². The van der Waals surface area contributed by atoms with Crippen LogP contribution < -0.4 is 11.3 Å². The Bertz CT molecular complexity index is 434. The molecule has 0 spiro atoms. The van der Waals surface area contributed by atoms with Gasteiger partial charge in [-0.15, -0.1) is 11.3 Å². The number of thiazole rings is 1. The molecule has 7 heteroatoms. The summed E-state index contributed by atoms with van der Waals surface area (Å²) < 4.78 is 22.3. The van der Waals surface area contributed by atoms with Gasteiger partial charge in [-0.2, -0.15) is 0 Å². The number of sulfone groups is 1. The van der Waals surface area contributed by atoms with Crippen LogP contribution in [0.2, 0.25) is 0 Å². The van der Waals surface area contributed by atoms with Crippen LogP contribution in [0.4, 0.5) is 0 Å². The summed E-state index contributed by atoms with van der Waals surface area (Å²) >= 11 is 1.58. The van der Waals surface area contributed by atoms with E-state index in [0.717, 1.165) is 15.6 Å². The number of aromatic nitrogens is 1. The molecule has 92 valence electrons. The summed E-state index contributed by atoms with van der Waals surface area (Å²) in [4.78, 5) is 5.51. The van der Waals surface area contributed by atoms with Crippen LogP contribution in [0, 0.1) is 13.8 Å². The van der Waals surface area contributed by atoms with Crippen molar-refractivity contribution >= 4 is 21.2 Å². The first-order chi connectivity index (χ1) is 7.31. The highest BCUT2D eigenvalue weighted by atomic mass is 32.2. The summed E-state index contributed by atoms with van der Waals surface area (Å²) in [6, 6.07) is -0.278. The van der Waals surface area contributed by atoms with Crippen LogP contribution in [-0.4, -0.2) is 31.5 Å². The SMILES string of the molecule is Cc1nc(CC(CS(C)(=O)=O)NN)sc1C. The molecular formula is C9H17N3O2S2. The van der Waals surface area contributed by atoms with E-state index in [9.17, 15) is 8.42 Å². The zero-order valence-electron chi connectivity index (χ0n) is 9.65. The Morgan fingerprint density at radius 2 is 2.12 bits per heavy atom. The lowest BCUT2D eigenvalue weighted by atomic mass is 10.2. The van der Waals surface area contributed by atoms with Gasteiger partial charge in [-0.05, 0) is 13.8 Å². The third-order valence-electron chi connectivity index (χ3n) is 2.23. The molecule has 0 saturated carbocycles. The lowest BCUT2D eigenvalue weighted by molar-refractivity contribution is 0.545. The Labute approximate surface area is 100.0 Å². The fraction of sp³-hybridized carbons (Fsp3) is 0.667. The van der Waals surface area contributed by atoms with E-state index in [2.05, 4.69) is 10.4 Å². The Balaban J connectivity index is 2.70. The number of hydrogen-bond acceptors (Lipinski definition) is 6. The highest BCUT2D eigenvalue weighted by molar-refractivity contribution is 7.90. The number of nitrogens with one attached hydrogen (secondary N) is 1. The molecule has 0 amide bonds. The highest BCUT2D eigenvalue weighted by Gasteiger charge is 2.16. The molecule has 1 atom stereocenters. The first-order valence-corrected chi connectivity index (χ1v) is 7.76. The normalized spacial score (nSPS) is 14.0. The summed E-state index contributed by atoms with van der Waals surface area (Å²) in [5.74, 6) is 5.36. The summed E-state index contributed by atoms with van der Waals surface area (Å²) in [5, 5.41) is 0.918. The van der Waals surface area contributed by atoms with Gasteiger partial charge in [-0.3, -0.25) is 11.3 Å². The Morgan fingerprint density at radius 1 is 1.50 bits per heavy atom. The lowest BCUT2D eigenvalue weighted by Crippen LogP contribution is -2.41. The van der Waals surface area contributed by atoms with Crippen molar-refractivity contribution in [1.29, 1.82) is 0 Å². The minimum absolute atomic E-state index is 0.0289. The van der Waals surface area contributed by atoms with Crippen molar-refractivity contribution in [2.75, 3.05) is 12.0 Å². The maximum atomic E-state index is 11.2. The standard InChI is InChI=1S/C9H17N3O2S2/c1-6-7(2)15-9(11-6)4-8(12-10)5-16(3,13)14/h8,12H,4-5,10H2,1-3H3. The number of aryl methyl sites for hydroxylation is 2. The number of rotatable bonds is 5. The van der Waals surface area contributed by atoms with Crippen LogP contribution in [0.1, 0.15) is 15.6 Å².